The van der Waals surface area contributed by atoms with E-state index in [1.165, 1.54) is 4.57 Å². The zero-order chi connectivity index (χ0) is 16.9. The summed E-state index contributed by atoms with van der Waals surface area (Å²) in [4.78, 5) is 20.8. The summed E-state index contributed by atoms with van der Waals surface area (Å²) in [6.45, 7) is 7.13. The predicted molar refractivity (Wildman–Crippen MR) is 83.9 cm³/mol. The Morgan fingerprint density at radius 2 is 2.04 bits per heavy atom. The molecule has 4 nitrogen and oxygen atoms in total. The first-order valence-electron chi connectivity index (χ1n) is 6.73. The zero-order valence-electron chi connectivity index (χ0n) is 12.4. The highest BCUT2D eigenvalue weighted by molar-refractivity contribution is 7.25. The number of nitrogens with zero attached hydrogens (tertiary/aromatic N) is 3. The molecule has 0 aromatic carbocycles. The Bertz CT molecular complexity index is 1000. The van der Waals surface area contributed by atoms with E-state index >= 15 is 0 Å². The number of halogens is 3. The number of fused-ring (bicyclic) bond motifs is 3. The Labute approximate surface area is 132 Å². The molecule has 0 spiro atoms. The van der Waals surface area contributed by atoms with Crippen LogP contribution in [-0.2, 0) is 12.7 Å². The first-order valence-corrected chi connectivity index (χ1v) is 7.55. The molecule has 8 heteroatoms. The number of alkyl halides is 3. The molecule has 3 heterocycles. The summed E-state index contributed by atoms with van der Waals surface area (Å²) in [6, 6.07) is 0.987. The number of aryl methyl sites for hydroxylation is 2. The van der Waals surface area contributed by atoms with Crippen LogP contribution in [0.4, 0.5) is 13.2 Å². The standard InChI is InChI=1S/C15H12F3N3OS/c1-4-5-21-8(3)19-11-10-7(2)6-9(15(16,17)18)20-13(10)23-12(11)14(21)22/h4,6H,1,5H2,2-3H3. The van der Waals surface area contributed by atoms with E-state index < -0.39 is 11.9 Å². The summed E-state index contributed by atoms with van der Waals surface area (Å²) in [5.74, 6) is 0.487. The van der Waals surface area contributed by atoms with Crippen molar-refractivity contribution in [2.75, 3.05) is 0 Å². The van der Waals surface area contributed by atoms with E-state index in [9.17, 15) is 18.0 Å². The lowest BCUT2D eigenvalue weighted by atomic mass is 10.1. The van der Waals surface area contributed by atoms with Crippen LogP contribution in [-0.4, -0.2) is 14.5 Å². The van der Waals surface area contributed by atoms with Crippen molar-refractivity contribution in [3.63, 3.8) is 0 Å². The Kier molecular flexibility index (Phi) is 3.51. The summed E-state index contributed by atoms with van der Waals surface area (Å²) in [6.07, 6.45) is -2.96. The average Bonchev–Trinajstić information content (AvgIpc) is 2.81. The third-order valence-electron chi connectivity index (χ3n) is 3.54. The number of allylic oxidation sites excluding steroid dienone is 1. The summed E-state index contributed by atoms with van der Waals surface area (Å²) in [5, 5.41) is 0.504. The Morgan fingerprint density at radius 3 is 2.65 bits per heavy atom. The Balaban J connectivity index is 2.44. The predicted octanol–water partition coefficient (Wildman–Crippen LogP) is 3.83. The second kappa shape index (κ2) is 5.16. The van der Waals surface area contributed by atoms with Gasteiger partial charge >= 0.3 is 6.18 Å². The van der Waals surface area contributed by atoms with Gasteiger partial charge in [-0.25, -0.2) is 9.97 Å². The van der Waals surface area contributed by atoms with E-state index in [2.05, 4.69) is 16.5 Å². The van der Waals surface area contributed by atoms with E-state index in [0.29, 0.717) is 33.5 Å². The molecule has 0 saturated heterocycles. The second-order valence-electron chi connectivity index (χ2n) is 5.15. The van der Waals surface area contributed by atoms with Crippen molar-refractivity contribution in [2.24, 2.45) is 0 Å². The van der Waals surface area contributed by atoms with Gasteiger partial charge in [-0.05, 0) is 25.5 Å². The molecule has 120 valence electrons. The minimum atomic E-state index is -4.53. The van der Waals surface area contributed by atoms with Crippen LogP contribution in [0.25, 0.3) is 20.4 Å². The maximum atomic E-state index is 12.9. The van der Waals surface area contributed by atoms with E-state index in [4.69, 9.17) is 0 Å². The van der Waals surface area contributed by atoms with Crippen LogP contribution in [0.3, 0.4) is 0 Å². The van der Waals surface area contributed by atoms with Gasteiger partial charge in [-0.2, -0.15) is 13.2 Å². The van der Waals surface area contributed by atoms with Crippen molar-refractivity contribution >= 4 is 31.8 Å². The smallest absolute Gasteiger partial charge is 0.292 e. The molecular weight excluding hydrogens is 327 g/mol. The second-order valence-corrected chi connectivity index (χ2v) is 6.14. The van der Waals surface area contributed by atoms with Gasteiger partial charge in [-0.1, -0.05) is 6.08 Å². The minimum absolute atomic E-state index is 0.174. The molecule has 3 aromatic heterocycles. The fraction of sp³-hybridized carbons (Fsp3) is 0.267. The molecule has 0 saturated carbocycles. The normalized spacial score (nSPS) is 12.2. The van der Waals surface area contributed by atoms with Crippen LogP contribution in [0.5, 0.6) is 0 Å². The van der Waals surface area contributed by atoms with Crippen LogP contribution in [0, 0.1) is 13.8 Å². The molecule has 0 unspecified atom stereocenters. The van der Waals surface area contributed by atoms with E-state index in [1.807, 2.05) is 0 Å². The number of pyridine rings is 1. The lowest BCUT2D eigenvalue weighted by Crippen LogP contribution is -2.22. The first kappa shape index (κ1) is 15.7. The van der Waals surface area contributed by atoms with Gasteiger partial charge in [0.05, 0.1) is 5.52 Å². The Morgan fingerprint density at radius 1 is 1.35 bits per heavy atom. The van der Waals surface area contributed by atoms with Crippen LogP contribution >= 0.6 is 11.3 Å². The van der Waals surface area contributed by atoms with E-state index in [1.54, 1.807) is 19.9 Å². The van der Waals surface area contributed by atoms with Gasteiger partial charge in [-0.15, -0.1) is 17.9 Å². The molecule has 23 heavy (non-hydrogen) atoms. The zero-order valence-corrected chi connectivity index (χ0v) is 13.2. The van der Waals surface area contributed by atoms with Crippen molar-refractivity contribution in [3.05, 3.63) is 46.2 Å². The van der Waals surface area contributed by atoms with E-state index in [-0.39, 0.29) is 10.4 Å². The molecular formula is C15H12F3N3OS. The fourth-order valence-electron chi connectivity index (χ4n) is 2.50. The highest BCUT2D eigenvalue weighted by atomic mass is 32.1. The summed E-state index contributed by atoms with van der Waals surface area (Å²) in [7, 11) is 0. The van der Waals surface area contributed by atoms with E-state index in [0.717, 1.165) is 17.4 Å². The van der Waals surface area contributed by atoms with Gasteiger partial charge in [0.25, 0.3) is 5.56 Å². The van der Waals surface area contributed by atoms with Crippen LogP contribution in [0.1, 0.15) is 17.1 Å². The third-order valence-corrected chi connectivity index (χ3v) is 4.60. The van der Waals surface area contributed by atoms with Crippen molar-refractivity contribution < 1.29 is 13.2 Å². The average molecular weight is 339 g/mol. The number of rotatable bonds is 2. The molecule has 3 rings (SSSR count). The molecule has 0 amide bonds. The highest BCUT2D eigenvalue weighted by Gasteiger charge is 2.33. The molecule has 0 radical (unpaired) electrons. The van der Waals surface area contributed by atoms with Crippen LogP contribution in [0.15, 0.2) is 23.5 Å². The molecule has 0 aliphatic rings. The van der Waals surface area contributed by atoms with Gasteiger partial charge in [0.2, 0.25) is 0 Å². The largest absolute Gasteiger partial charge is 0.433 e. The topological polar surface area (TPSA) is 47.8 Å². The maximum absolute atomic E-state index is 12.9. The van der Waals surface area contributed by atoms with Gasteiger partial charge in [0, 0.05) is 11.9 Å². The van der Waals surface area contributed by atoms with Crippen molar-refractivity contribution in [2.45, 2.75) is 26.6 Å². The molecule has 0 bridgehead atoms. The number of aromatic nitrogens is 3. The minimum Gasteiger partial charge on any atom is -0.292 e. The molecule has 0 atom stereocenters. The quantitative estimate of drug-likeness (QED) is 0.667. The molecule has 3 aromatic rings. The van der Waals surface area contributed by atoms with Crippen LogP contribution < -0.4 is 5.56 Å². The molecule has 0 aliphatic carbocycles. The van der Waals surface area contributed by atoms with Gasteiger partial charge in [0.1, 0.15) is 21.0 Å². The first-order chi connectivity index (χ1) is 10.7. The Hall–Kier alpha value is -2.22. The fourth-order valence-corrected chi connectivity index (χ4v) is 3.64. The maximum Gasteiger partial charge on any atom is 0.433 e. The molecule has 0 N–H and O–H groups in total. The lowest BCUT2D eigenvalue weighted by molar-refractivity contribution is -0.141. The van der Waals surface area contributed by atoms with Gasteiger partial charge in [-0.3, -0.25) is 9.36 Å². The van der Waals surface area contributed by atoms with Crippen LogP contribution in [0.2, 0.25) is 0 Å². The summed E-state index contributed by atoms with van der Waals surface area (Å²) in [5.41, 5.74) is -0.437. The SMILES string of the molecule is C=CCn1c(C)nc2c(sc3nc(C(F)(F)F)cc(C)c32)c1=O. The molecule has 0 fully saturated rings. The van der Waals surface area contributed by atoms with Crippen molar-refractivity contribution in [1.82, 2.24) is 14.5 Å². The van der Waals surface area contributed by atoms with Gasteiger partial charge < -0.3 is 0 Å². The lowest BCUT2D eigenvalue weighted by Gasteiger charge is -2.08. The summed E-state index contributed by atoms with van der Waals surface area (Å²) >= 11 is 0.940. The highest BCUT2D eigenvalue weighted by Crippen LogP contribution is 2.36. The molecule has 0 aliphatic heterocycles. The third kappa shape index (κ3) is 2.42. The summed E-state index contributed by atoms with van der Waals surface area (Å²) < 4.78 is 40.5. The number of hydrogen-bond acceptors (Lipinski definition) is 4. The monoisotopic (exact) mass is 339 g/mol. The van der Waals surface area contributed by atoms with Gasteiger partial charge in [0.15, 0.2) is 0 Å². The number of hydrogen-bond donors (Lipinski definition) is 0. The van der Waals surface area contributed by atoms with Crippen molar-refractivity contribution in [1.29, 1.82) is 0 Å². The van der Waals surface area contributed by atoms with Crippen molar-refractivity contribution in [3.8, 4) is 0 Å². The number of thiophene rings is 1.